The molecule has 0 aliphatic heterocycles. The van der Waals surface area contributed by atoms with Gasteiger partial charge in [-0.3, -0.25) is 4.79 Å². The number of aromatic nitrogens is 1. The molecule has 0 saturated carbocycles. The maximum atomic E-state index is 11.8. The minimum absolute atomic E-state index is 0.182. The van der Waals surface area contributed by atoms with Crippen molar-refractivity contribution in [2.24, 2.45) is 5.10 Å². The molecule has 0 spiro atoms. The van der Waals surface area contributed by atoms with E-state index in [1.165, 1.54) is 11.8 Å². The van der Waals surface area contributed by atoms with Crippen LogP contribution < -0.4 is 10.2 Å². The Morgan fingerprint density at radius 1 is 1.07 bits per heavy atom. The van der Waals surface area contributed by atoms with E-state index in [1.54, 1.807) is 12.4 Å². The van der Waals surface area contributed by atoms with Crippen LogP contribution in [0.5, 0.6) is 5.75 Å². The maximum Gasteiger partial charge on any atom is 0.250 e. The van der Waals surface area contributed by atoms with E-state index in [-0.39, 0.29) is 11.7 Å². The molecule has 6 heteroatoms. The number of hydrogen-bond acceptors (Lipinski definition) is 5. The van der Waals surface area contributed by atoms with Crippen molar-refractivity contribution in [3.63, 3.8) is 0 Å². The number of carbonyl (C=O) groups is 1. The zero-order chi connectivity index (χ0) is 18.7. The Kier molecular flexibility index (Phi) is 7.00. The minimum atomic E-state index is -0.182. The summed E-state index contributed by atoms with van der Waals surface area (Å²) < 4.78 is 5.79. The van der Waals surface area contributed by atoms with E-state index in [4.69, 9.17) is 4.74 Å². The van der Waals surface area contributed by atoms with Crippen molar-refractivity contribution in [1.29, 1.82) is 0 Å². The van der Waals surface area contributed by atoms with Gasteiger partial charge in [0.15, 0.2) is 0 Å². The number of benzene rings is 2. The number of amides is 1. The van der Waals surface area contributed by atoms with Gasteiger partial charge < -0.3 is 4.74 Å². The molecule has 0 unspecified atom stereocenters. The fourth-order valence-corrected chi connectivity index (χ4v) is 2.86. The molecular formula is C21H19N3O2S. The highest BCUT2D eigenvalue weighted by molar-refractivity contribution is 7.99. The monoisotopic (exact) mass is 377 g/mol. The molecule has 0 saturated heterocycles. The van der Waals surface area contributed by atoms with Crippen molar-refractivity contribution in [3.8, 4) is 5.75 Å². The Morgan fingerprint density at radius 2 is 1.93 bits per heavy atom. The van der Waals surface area contributed by atoms with Crippen molar-refractivity contribution < 1.29 is 9.53 Å². The topological polar surface area (TPSA) is 63.6 Å². The van der Waals surface area contributed by atoms with E-state index in [2.05, 4.69) is 15.5 Å². The first-order chi connectivity index (χ1) is 13.3. The summed E-state index contributed by atoms with van der Waals surface area (Å²) in [6, 6.07) is 23.1. The number of hydrogen-bond donors (Lipinski definition) is 1. The highest BCUT2D eigenvalue weighted by Gasteiger charge is 2.02. The van der Waals surface area contributed by atoms with Crippen LogP contribution in [-0.2, 0) is 11.4 Å². The average Bonchev–Trinajstić information content (AvgIpc) is 2.73. The van der Waals surface area contributed by atoms with Crippen molar-refractivity contribution in [3.05, 3.63) is 90.1 Å². The van der Waals surface area contributed by atoms with Gasteiger partial charge in [0.1, 0.15) is 12.4 Å². The molecule has 0 aliphatic rings. The van der Waals surface area contributed by atoms with Crippen LogP contribution in [0, 0.1) is 0 Å². The lowest BCUT2D eigenvalue weighted by atomic mass is 10.2. The second-order valence-corrected chi connectivity index (χ2v) is 6.59. The second-order valence-electron chi connectivity index (χ2n) is 5.60. The van der Waals surface area contributed by atoms with Gasteiger partial charge in [-0.15, -0.1) is 0 Å². The van der Waals surface area contributed by atoms with E-state index >= 15 is 0 Å². The summed E-state index contributed by atoms with van der Waals surface area (Å²) in [5.41, 5.74) is 4.47. The third-order valence-corrected chi connectivity index (χ3v) is 4.44. The predicted molar refractivity (Wildman–Crippen MR) is 108 cm³/mol. The van der Waals surface area contributed by atoms with Gasteiger partial charge in [0, 0.05) is 6.20 Å². The van der Waals surface area contributed by atoms with Crippen LogP contribution in [-0.4, -0.2) is 22.9 Å². The molecule has 1 heterocycles. The number of carbonyl (C=O) groups excluding carboxylic acids is 1. The lowest BCUT2D eigenvalue weighted by molar-refractivity contribution is -0.118. The van der Waals surface area contributed by atoms with Crippen molar-refractivity contribution in [1.82, 2.24) is 10.4 Å². The minimum Gasteiger partial charge on any atom is -0.489 e. The van der Waals surface area contributed by atoms with Crippen LogP contribution >= 0.6 is 11.8 Å². The number of hydrazone groups is 1. The molecule has 1 amide bonds. The lowest BCUT2D eigenvalue weighted by Gasteiger charge is -2.06. The molecule has 1 N–H and O–H groups in total. The second kappa shape index (κ2) is 10.1. The molecule has 0 aliphatic carbocycles. The number of rotatable bonds is 8. The van der Waals surface area contributed by atoms with Gasteiger partial charge >= 0.3 is 0 Å². The molecule has 0 fully saturated rings. The Morgan fingerprint density at radius 3 is 2.74 bits per heavy atom. The molecule has 3 rings (SSSR count). The number of pyridine rings is 1. The summed E-state index contributed by atoms with van der Waals surface area (Å²) in [6.45, 7) is 0.503. The SMILES string of the molecule is O=C(CSc1ccccn1)N/N=C/c1cccc(OCc2ccccc2)c1. The van der Waals surface area contributed by atoms with Gasteiger partial charge in [0.25, 0.3) is 0 Å². The summed E-state index contributed by atoms with van der Waals surface area (Å²) >= 11 is 1.36. The average molecular weight is 377 g/mol. The van der Waals surface area contributed by atoms with Gasteiger partial charge in [-0.1, -0.05) is 60.3 Å². The van der Waals surface area contributed by atoms with Crippen molar-refractivity contribution in [2.45, 2.75) is 11.6 Å². The van der Waals surface area contributed by atoms with Crippen molar-refractivity contribution in [2.75, 3.05) is 5.75 Å². The first-order valence-corrected chi connectivity index (χ1v) is 9.41. The standard InChI is InChI=1S/C21H19N3O2S/c25-20(16-27-21-11-4-5-12-22-21)24-23-14-18-9-6-10-19(13-18)26-15-17-7-2-1-3-8-17/h1-14H,15-16H2,(H,24,25)/b23-14+. The molecule has 1 aromatic heterocycles. The predicted octanol–water partition coefficient (Wildman–Crippen LogP) is 3.90. The van der Waals surface area contributed by atoms with Gasteiger partial charge in [-0.2, -0.15) is 5.10 Å². The summed E-state index contributed by atoms with van der Waals surface area (Å²) in [5.74, 6) is 0.826. The molecule has 0 radical (unpaired) electrons. The zero-order valence-electron chi connectivity index (χ0n) is 14.6. The highest BCUT2D eigenvalue weighted by atomic mass is 32.2. The zero-order valence-corrected chi connectivity index (χ0v) is 15.4. The van der Waals surface area contributed by atoms with Crippen LogP contribution in [0.15, 0.2) is 89.1 Å². The normalized spacial score (nSPS) is 10.7. The number of thioether (sulfide) groups is 1. The molecule has 3 aromatic rings. The summed E-state index contributed by atoms with van der Waals surface area (Å²) in [4.78, 5) is 16.0. The van der Waals surface area contributed by atoms with Crippen molar-refractivity contribution >= 4 is 23.9 Å². The fraction of sp³-hybridized carbons (Fsp3) is 0.0952. The Bertz CT molecular complexity index is 886. The van der Waals surface area contributed by atoms with E-state index in [0.29, 0.717) is 6.61 Å². The quantitative estimate of drug-likeness (QED) is 0.367. The van der Waals surface area contributed by atoms with Crippen LogP contribution in [0.4, 0.5) is 0 Å². The van der Waals surface area contributed by atoms with E-state index in [0.717, 1.165) is 21.9 Å². The van der Waals surface area contributed by atoms with E-state index < -0.39 is 0 Å². The largest absolute Gasteiger partial charge is 0.489 e. The maximum absolute atomic E-state index is 11.8. The molecule has 5 nitrogen and oxygen atoms in total. The highest BCUT2D eigenvalue weighted by Crippen LogP contribution is 2.15. The Hall–Kier alpha value is -3.12. The lowest BCUT2D eigenvalue weighted by Crippen LogP contribution is -2.19. The molecule has 136 valence electrons. The third-order valence-electron chi connectivity index (χ3n) is 3.50. The molecule has 0 atom stereocenters. The van der Waals surface area contributed by atoms with Crippen LogP contribution in [0.2, 0.25) is 0 Å². The van der Waals surface area contributed by atoms with Crippen LogP contribution in [0.3, 0.4) is 0 Å². The van der Waals surface area contributed by atoms with Crippen LogP contribution in [0.25, 0.3) is 0 Å². The van der Waals surface area contributed by atoms with Gasteiger partial charge in [-0.05, 0) is 35.4 Å². The summed E-state index contributed by atoms with van der Waals surface area (Å²) in [5, 5.41) is 4.80. The fourth-order valence-electron chi connectivity index (χ4n) is 2.21. The third kappa shape index (κ3) is 6.60. The smallest absolute Gasteiger partial charge is 0.250 e. The van der Waals surface area contributed by atoms with E-state index in [1.807, 2.05) is 72.8 Å². The molecule has 0 bridgehead atoms. The van der Waals surface area contributed by atoms with Gasteiger partial charge in [-0.25, -0.2) is 10.4 Å². The number of nitrogens with zero attached hydrogens (tertiary/aromatic N) is 2. The van der Waals surface area contributed by atoms with Gasteiger partial charge in [0.2, 0.25) is 5.91 Å². The molecular weight excluding hydrogens is 358 g/mol. The first kappa shape index (κ1) is 18.7. The van der Waals surface area contributed by atoms with E-state index in [9.17, 15) is 4.79 Å². The van der Waals surface area contributed by atoms with Crippen LogP contribution in [0.1, 0.15) is 11.1 Å². The number of nitrogens with one attached hydrogen (secondary N) is 1. The van der Waals surface area contributed by atoms with Gasteiger partial charge in [0.05, 0.1) is 17.0 Å². The Labute approximate surface area is 162 Å². The molecule has 27 heavy (non-hydrogen) atoms. The Balaban J connectivity index is 1.46. The first-order valence-electron chi connectivity index (χ1n) is 8.42. The molecule has 2 aromatic carbocycles. The summed E-state index contributed by atoms with van der Waals surface area (Å²) in [6.07, 6.45) is 3.30. The number of ether oxygens (including phenoxy) is 1. The summed E-state index contributed by atoms with van der Waals surface area (Å²) in [7, 11) is 0.